The van der Waals surface area contributed by atoms with E-state index in [1.807, 2.05) is 6.92 Å². The molecule has 1 atom stereocenters. The van der Waals surface area contributed by atoms with Gasteiger partial charge in [0.05, 0.1) is 6.61 Å². The van der Waals surface area contributed by atoms with Gasteiger partial charge in [-0.3, -0.25) is 0 Å². The molecule has 1 fully saturated rings. The first-order chi connectivity index (χ1) is 7.25. The van der Waals surface area contributed by atoms with Gasteiger partial charge >= 0.3 is 5.97 Å². The molecule has 1 heterocycles. The Kier molecular flexibility index (Phi) is 5.40. The fraction of sp³-hybridized carbons (Fsp3) is 0.750. The maximum atomic E-state index is 11.6. The van der Waals surface area contributed by atoms with Crippen LogP contribution in [0.2, 0.25) is 0 Å². The number of nitrogens with one attached hydrogen (secondary N) is 1. The zero-order chi connectivity index (χ0) is 11.1. The summed E-state index contributed by atoms with van der Waals surface area (Å²) in [6.07, 6.45) is 5.45. The summed E-state index contributed by atoms with van der Waals surface area (Å²) in [7, 11) is 0. The first-order valence-electron chi connectivity index (χ1n) is 5.85. The molecule has 0 aromatic carbocycles. The third-order valence-electron chi connectivity index (χ3n) is 2.68. The molecule has 1 aliphatic heterocycles. The summed E-state index contributed by atoms with van der Waals surface area (Å²) >= 11 is 0. The van der Waals surface area contributed by atoms with Crippen molar-refractivity contribution >= 4 is 5.97 Å². The van der Waals surface area contributed by atoms with E-state index in [2.05, 4.69) is 11.9 Å². The van der Waals surface area contributed by atoms with E-state index in [1.165, 1.54) is 12.8 Å². The van der Waals surface area contributed by atoms with Crippen molar-refractivity contribution < 1.29 is 9.53 Å². The van der Waals surface area contributed by atoms with Gasteiger partial charge < -0.3 is 10.1 Å². The smallest absolute Gasteiger partial charge is 0.335 e. The normalized spacial score (nSPS) is 21.8. The molecular weight excluding hydrogens is 190 g/mol. The van der Waals surface area contributed by atoms with Crippen molar-refractivity contribution in [3.8, 4) is 0 Å². The Balaban J connectivity index is 2.39. The molecule has 0 saturated carbocycles. The van der Waals surface area contributed by atoms with Crippen LogP contribution < -0.4 is 5.32 Å². The molecule has 1 aliphatic rings. The van der Waals surface area contributed by atoms with Crippen molar-refractivity contribution in [2.45, 2.75) is 45.1 Å². The van der Waals surface area contributed by atoms with E-state index in [0.29, 0.717) is 12.2 Å². The van der Waals surface area contributed by atoms with Gasteiger partial charge in [0.2, 0.25) is 0 Å². The van der Waals surface area contributed by atoms with E-state index in [4.69, 9.17) is 4.74 Å². The third-order valence-corrected chi connectivity index (χ3v) is 2.68. The Morgan fingerprint density at radius 2 is 2.27 bits per heavy atom. The van der Waals surface area contributed by atoms with Crippen LogP contribution in [0.5, 0.6) is 0 Å². The number of esters is 1. The number of rotatable bonds is 4. The number of hydrogen-bond donors (Lipinski definition) is 1. The molecule has 86 valence electrons. The average Bonchev–Trinajstić information content (AvgIpc) is 2.53. The predicted octanol–water partition coefficient (Wildman–Crippen LogP) is 2.03. The van der Waals surface area contributed by atoms with Crippen LogP contribution in [0, 0.1) is 0 Å². The van der Waals surface area contributed by atoms with E-state index in [0.717, 1.165) is 25.8 Å². The van der Waals surface area contributed by atoms with Crippen LogP contribution in [-0.2, 0) is 9.53 Å². The second-order valence-electron chi connectivity index (χ2n) is 4.02. The summed E-state index contributed by atoms with van der Waals surface area (Å²) in [5.74, 6) is -0.240. The van der Waals surface area contributed by atoms with Crippen molar-refractivity contribution in [3.05, 3.63) is 12.2 Å². The van der Waals surface area contributed by atoms with Gasteiger partial charge in [-0.2, -0.15) is 0 Å². The van der Waals surface area contributed by atoms with Gasteiger partial charge in [0, 0.05) is 11.6 Å². The fourth-order valence-electron chi connectivity index (χ4n) is 1.76. The molecule has 0 aromatic heterocycles. The Bertz CT molecular complexity index is 218. The van der Waals surface area contributed by atoms with Crippen molar-refractivity contribution in [3.63, 3.8) is 0 Å². The molecule has 1 unspecified atom stereocenters. The summed E-state index contributed by atoms with van der Waals surface area (Å²) in [4.78, 5) is 11.6. The van der Waals surface area contributed by atoms with E-state index >= 15 is 0 Å². The molecular formula is C12H21NO2. The van der Waals surface area contributed by atoms with Gasteiger partial charge in [0.15, 0.2) is 0 Å². The lowest BCUT2D eigenvalue weighted by molar-refractivity contribution is -0.139. The lowest BCUT2D eigenvalue weighted by Crippen LogP contribution is -2.33. The van der Waals surface area contributed by atoms with Crippen LogP contribution in [0.3, 0.4) is 0 Å². The summed E-state index contributed by atoms with van der Waals surface area (Å²) in [5, 5.41) is 3.34. The lowest BCUT2D eigenvalue weighted by atomic mass is 10.0. The molecule has 3 nitrogen and oxygen atoms in total. The molecule has 0 aromatic rings. The minimum absolute atomic E-state index is 0.122. The molecule has 15 heavy (non-hydrogen) atoms. The summed E-state index contributed by atoms with van der Waals surface area (Å²) in [5.41, 5.74) is 0.588. The summed E-state index contributed by atoms with van der Waals surface area (Å²) in [6, 6.07) is 0.122. The lowest BCUT2D eigenvalue weighted by Gasteiger charge is -2.17. The molecule has 0 amide bonds. The van der Waals surface area contributed by atoms with Crippen molar-refractivity contribution in [1.29, 1.82) is 0 Å². The van der Waals surface area contributed by atoms with Crippen molar-refractivity contribution in [2.24, 2.45) is 0 Å². The minimum Gasteiger partial charge on any atom is -0.462 e. The van der Waals surface area contributed by atoms with Crippen LogP contribution in [-0.4, -0.2) is 25.2 Å². The van der Waals surface area contributed by atoms with E-state index in [1.54, 1.807) is 0 Å². The first-order valence-corrected chi connectivity index (χ1v) is 5.85. The van der Waals surface area contributed by atoms with E-state index < -0.39 is 0 Å². The highest BCUT2D eigenvalue weighted by Crippen LogP contribution is 2.14. The van der Waals surface area contributed by atoms with Gasteiger partial charge in [-0.15, -0.1) is 0 Å². The summed E-state index contributed by atoms with van der Waals surface area (Å²) < 4.78 is 5.07. The predicted molar refractivity (Wildman–Crippen MR) is 60.6 cm³/mol. The molecule has 0 radical (unpaired) electrons. The molecule has 1 N–H and O–H groups in total. The van der Waals surface area contributed by atoms with Gasteiger partial charge in [-0.05, 0) is 25.8 Å². The molecule has 0 spiro atoms. The molecule has 0 bridgehead atoms. The zero-order valence-corrected chi connectivity index (χ0v) is 9.55. The van der Waals surface area contributed by atoms with Crippen LogP contribution in [0.15, 0.2) is 12.2 Å². The maximum Gasteiger partial charge on any atom is 0.335 e. The fourth-order valence-corrected chi connectivity index (χ4v) is 1.76. The van der Waals surface area contributed by atoms with Crippen molar-refractivity contribution in [1.82, 2.24) is 5.32 Å². The highest BCUT2D eigenvalue weighted by Gasteiger charge is 2.20. The van der Waals surface area contributed by atoms with Gasteiger partial charge in [0.1, 0.15) is 0 Å². The number of ether oxygens (including phenoxy) is 1. The topological polar surface area (TPSA) is 38.3 Å². The van der Waals surface area contributed by atoms with Gasteiger partial charge in [-0.25, -0.2) is 4.79 Å². The molecule has 0 aliphatic carbocycles. The maximum absolute atomic E-state index is 11.6. The Labute approximate surface area is 91.9 Å². The zero-order valence-electron chi connectivity index (χ0n) is 9.55. The van der Waals surface area contributed by atoms with Crippen LogP contribution in [0.4, 0.5) is 0 Å². The average molecular weight is 211 g/mol. The van der Waals surface area contributed by atoms with E-state index in [9.17, 15) is 4.79 Å². The first kappa shape index (κ1) is 12.2. The highest BCUT2D eigenvalue weighted by molar-refractivity contribution is 5.89. The Hall–Kier alpha value is -0.830. The Morgan fingerprint density at radius 3 is 3.00 bits per heavy atom. The largest absolute Gasteiger partial charge is 0.462 e. The number of carbonyl (C=O) groups is 1. The van der Waals surface area contributed by atoms with E-state index in [-0.39, 0.29) is 12.0 Å². The number of carbonyl (C=O) groups excluding carboxylic acids is 1. The van der Waals surface area contributed by atoms with Crippen LogP contribution in [0.1, 0.15) is 39.0 Å². The third kappa shape index (κ3) is 4.04. The molecule has 1 rings (SSSR count). The standard InChI is InChI=1S/C12H21NO2/c1-3-9-15-12(14)10(2)11-7-5-4-6-8-13-11/h11,13H,2-9H2,1H3. The second-order valence-corrected chi connectivity index (χ2v) is 4.02. The quantitative estimate of drug-likeness (QED) is 0.571. The summed E-state index contributed by atoms with van der Waals surface area (Å²) in [6.45, 7) is 7.29. The second kappa shape index (κ2) is 6.62. The SMILES string of the molecule is C=C(C(=O)OCCC)C1CCCCCN1. The number of hydrogen-bond acceptors (Lipinski definition) is 3. The van der Waals surface area contributed by atoms with Crippen molar-refractivity contribution in [2.75, 3.05) is 13.2 Å². The van der Waals surface area contributed by atoms with Gasteiger partial charge in [-0.1, -0.05) is 26.3 Å². The minimum atomic E-state index is -0.240. The van der Waals surface area contributed by atoms with Crippen LogP contribution >= 0.6 is 0 Å². The highest BCUT2D eigenvalue weighted by atomic mass is 16.5. The Morgan fingerprint density at radius 1 is 1.47 bits per heavy atom. The molecule has 1 saturated heterocycles. The monoisotopic (exact) mass is 211 g/mol. The molecule has 3 heteroatoms. The van der Waals surface area contributed by atoms with Crippen LogP contribution in [0.25, 0.3) is 0 Å². The van der Waals surface area contributed by atoms with Gasteiger partial charge in [0.25, 0.3) is 0 Å².